The number of aliphatic carboxylic acids is 1. The molecule has 10 heteroatoms. The number of carbonyl (C=O) groups is 4. The fourth-order valence-electron chi connectivity index (χ4n) is 3.76. The summed E-state index contributed by atoms with van der Waals surface area (Å²) in [7, 11) is 0. The molecule has 36 heavy (non-hydrogen) atoms. The number of esters is 2. The zero-order valence-corrected chi connectivity index (χ0v) is 19.7. The van der Waals surface area contributed by atoms with Gasteiger partial charge < -0.3 is 30.4 Å². The summed E-state index contributed by atoms with van der Waals surface area (Å²) < 4.78 is 16.5. The Morgan fingerprint density at radius 2 is 1.44 bits per heavy atom. The molecule has 0 aromatic heterocycles. The van der Waals surface area contributed by atoms with Gasteiger partial charge in [0, 0.05) is 12.8 Å². The number of amides is 1. The van der Waals surface area contributed by atoms with Gasteiger partial charge in [-0.3, -0.25) is 4.79 Å². The van der Waals surface area contributed by atoms with Crippen molar-refractivity contribution in [2.75, 3.05) is 13.2 Å². The van der Waals surface area contributed by atoms with Gasteiger partial charge in [-0.25, -0.2) is 14.4 Å². The van der Waals surface area contributed by atoms with E-state index in [-0.39, 0.29) is 31.3 Å². The number of nitrogens with two attached hydrogens (primary N) is 1. The largest absolute Gasteiger partial charge is 0.481 e. The van der Waals surface area contributed by atoms with Gasteiger partial charge in [-0.05, 0) is 36.8 Å². The Labute approximate surface area is 208 Å². The molecule has 0 bridgehead atoms. The number of ether oxygens (including phenoxy) is 3. The van der Waals surface area contributed by atoms with Crippen LogP contribution >= 0.6 is 0 Å². The van der Waals surface area contributed by atoms with Gasteiger partial charge in [0.05, 0.1) is 36.4 Å². The molecule has 190 valence electrons. The minimum atomic E-state index is -1.31. The first-order chi connectivity index (χ1) is 17.2. The van der Waals surface area contributed by atoms with Crippen LogP contribution in [0.4, 0.5) is 0 Å². The summed E-state index contributed by atoms with van der Waals surface area (Å²) in [4.78, 5) is 48.2. The molecule has 4 N–H and O–H groups in total. The number of hydrogen-bond donors (Lipinski definition) is 3. The van der Waals surface area contributed by atoms with Gasteiger partial charge in [0.25, 0.3) is 0 Å². The number of nitrogens with one attached hydrogen (secondary N) is 1. The van der Waals surface area contributed by atoms with Gasteiger partial charge in [-0.15, -0.1) is 0 Å². The van der Waals surface area contributed by atoms with Gasteiger partial charge in [-0.1, -0.05) is 36.4 Å². The van der Waals surface area contributed by atoms with Crippen molar-refractivity contribution in [1.82, 2.24) is 5.32 Å². The smallest absolute Gasteiger partial charge is 0.370 e. The number of rotatable bonds is 10. The van der Waals surface area contributed by atoms with E-state index < -0.39 is 42.0 Å². The van der Waals surface area contributed by atoms with E-state index in [2.05, 4.69) is 5.32 Å². The molecule has 0 saturated carbocycles. The molecular formula is C26H28N2O8. The highest BCUT2D eigenvalue weighted by Crippen LogP contribution is 2.24. The lowest BCUT2D eigenvalue weighted by atomic mass is 9.91. The van der Waals surface area contributed by atoms with Crippen molar-refractivity contribution in [3.05, 3.63) is 83.6 Å². The van der Waals surface area contributed by atoms with Crippen molar-refractivity contribution >= 4 is 23.8 Å². The van der Waals surface area contributed by atoms with Crippen LogP contribution in [0.15, 0.2) is 72.5 Å². The Hall–Kier alpha value is -4.18. The molecule has 1 aliphatic heterocycles. The first-order valence-electron chi connectivity index (χ1n) is 11.3. The maximum Gasteiger partial charge on any atom is 0.370 e. The molecule has 2 aromatic carbocycles. The molecule has 10 nitrogen and oxygen atoms in total. The van der Waals surface area contributed by atoms with E-state index in [4.69, 9.17) is 19.9 Å². The number of hydrogen-bond acceptors (Lipinski definition) is 8. The van der Waals surface area contributed by atoms with Crippen LogP contribution in [0, 0.1) is 5.92 Å². The molecule has 0 saturated heterocycles. The second kappa shape index (κ2) is 12.5. The van der Waals surface area contributed by atoms with E-state index in [1.165, 1.54) is 13.0 Å². The minimum Gasteiger partial charge on any atom is -0.481 e. The monoisotopic (exact) mass is 496 g/mol. The van der Waals surface area contributed by atoms with Crippen molar-refractivity contribution in [3.8, 4) is 0 Å². The van der Waals surface area contributed by atoms with E-state index in [1.54, 1.807) is 60.7 Å². The predicted molar refractivity (Wildman–Crippen MR) is 128 cm³/mol. The zero-order valence-electron chi connectivity index (χ0n) is 19.7. The van der Waals surface area contributed by atoms with E-state index in [9.17, 15) is 24.3 Å². The van der Waals surface area contributed by atoms with Crippen molar-refractivity contribution < 1.29 is 38.5 Å². The maximum atomic E-state index is 12.5. The van der Waals surface area contributed by atoms with Gasteiger partial charge in [-0.2, -0.15) is 0 Å². The molecule has 1 aliphatic rings. The van der Waals surface area contributed by atoms with Crippen LogP contribution in [-0.4, -0.2) is 60.3 Å². The molecule has 3 rings (SSSR count). The average molecular weight is 497 g/mol. The highest BCUT2D eigenvalue weighted by Gasteiger charge is 2.37. The summed E-state index contributed by atoms with van der Waals surface area (Å²) >= 11 is 0. The second-order valence-electron chi connectivity index (χ2n) is 8.33. The average Bonchev–Trinajstić information content (AvgIpc) is 2.87. The molecular weight excluding hydrogens is 468 g/mol. The molecule has 2 aromatic rings. The Balaban J connectivity index is 1.76. The highest BCUT2D eigenvalue weighted by molar-refractivity contribution is 5.90. The fraction of sp³-hybridized carbons (Fsp3) is 0.308. The van der Waals surface area contributed by atoms with E-state index in [1.807, 2.05) is 0 Å². The first kappa shape index (κ1) is 26.4. The Bertz CT molecular complexity index is 1050. The molecule has 0 unspecified atom stereocenters. The molecule has 1 heterocycles. The quantitative estimate of drug-likeness (QED) is 0.418. The van der Waals surface area contributed by atoms with Gasteiger partial charge in [0.15, 0.2) is 0 Å². The van der Waals surface area contributed by atoms with Crippen LogP contribution < -0.4 is 11.1 Å². The van der Waals surface area contributed by atoms with Crippen LogP contribution in [0.3, 0.4) is 0 Å². The van der Waals surface area contributed by atoms with E-state index in [0.29, 0.717) is 11.1 Å². The Kier molecular flexibility index (Phi) is 9.18. The lowest BCUT2D eigenvalue weighted by Crippen LogP contribution is -2.57. The van der Waals surface area contributed by atoms with Crippen molar-refractivity contribution in [2.45, 2.75) is 31.5 Å². The number of carboxylic acid groups (broad SMARTS) is 1. The Morgan fingerprint density at radius 3 is 1.89 bits per heavy atom. The third-order valence-electron chi connectivity index (χ3n) is 5.50. The normalized spacial score (nSPS) is 19.0. The number of carbonyl (C=O) groups excluding carboxylic acids is 3. The SMILES string of the molecule is CC(=O)N[C@H]1[C@H](CC(COC(=O)c2ccccc2)COC(=O)c2ccccc2)OC(C(=O)O)=C[C@@H]1N. The molecule has 0 aliphatic carbocycles. The summed E-state index contributed by atoms with van der Waals surface area (Å²) in [5.74, 6) is -3.76. The van der Waals surface area contributed by atoms with Crippen LogP contribution in [0.25, 0.3) is 0 Å². The summed E-state index contributed by atoms with van der Waals surface area (Å²) in [6.45, 7) is 1.01. The fourth-order valence-corrected chi connectivity index (χ4v) is 3.76. The maximum absolute atomic E-state index is 12.5. The van der Waals surface area contributed by atoms with Gasteiger partial charge in [0.1, 0.15) is 6.10 Å². The van der Waals surface area contributed by atoms with Crippen molar-refractivity contribution in [2.24, 2.45) is 11.7 Å². The van der Waals surface area contributed by atoms with E-state index >= 15 is 0 Å². The minimum absolute atomic E-state index is 0.0768. The molecule has 1 amide bonds. The molecule has 3 atom stereocenters. The topological polar surface area (TPSA) is 154 Å². The summed E-state index contributed by atoms with van der Waals surface area (Å²) in [5, 5.41) is 12.1. The van der Waals surface area contributed by atoms with Crippen LogP contribution in [0.5, 0.6) is 0 Å². The third-order valence-corrected chi connectivity index (χ3v) is 5.50. The molecule has 0 radical (unpaired) electrons. The summed E-state index contributed by atoms with van der Waals surface area (Å²) in [6, 6.07) is 15.2. The standard InChI is InChI=1S/C26H28N2O8/c1-16(29)28-23-20(27)13-22(24(30)31)36-21(23)12-17(14-34-25(32)18-8-4-2-5-9-18)15-35-26(33)19-10-6-3-7-11-19/h2-11,13,17,20-21,23H,12,14-15,27H2,1H3,(H,28,29)(H,30,31)/t20-,21-,23+/m0/s1. The number of carboxylic acids is 1. The Morgan fingerprint density at radius 1 is 0.944 bits per heavy atom. The second-order valence-corrected chi connectivity index (χ2v) is 8.33. The summed E-state index contributed by atoms with van der Waals surface area (Å²) in [6.07, 6.45) is 0.419. The number of benzene rings is 2. The third kappa shape index (κ3) is 7.41. The van der Waals surface area contributed by atoms with Crippen LogP contribution in [0.2, 0.25) is 0 Å². The highest BCUT2D eigenvalue weighted by atomic mass is 16.5. The molecule has 0 fully saturated rings. The lowest BCUT2D eigenvalue weighted by Gasteiger charge is -2.36. The predicted octanol–water partition coefficient (Wildman–Crippen LogP) is 1.91. The van der Waals surface area contributed by atoms with Gasteiger partial charge in [0.2, 0.25) is 11.7 Å². The van der Waals surface area contributed by atoms with Crippen molar-refractivity contribution in [1.29, 1.82) is 0 Å². The summed E-state index contributed by atoms with van der Waals surface area (Å²) in [5.41, 5.74) is 6.81. The van der Waals surface area contributed by atoms with Gasteiger partial charge >= 0.3 is 17.9 Å². The van der Waals surface area contributed by atoms with Crippen LogP contribution in [-0.2, 0) is 23.8 Å². The molecule has 0 spiro atoms. The van der Waals surface area contributed by atoms with E-state index in [0.717, 1.165) is 0 Å². The van der Waals surface area contributed by atoms with Crippen molar-refractivity contribution in [3.63, 3.8) is 0 Å². The lowest BCUT2D eigenvalue weighted by molar-refractivity contribution is -0.139. The first-order valence-corrected chi connectivity index (χ1v) is 11.3. The van der Waals surface area contributed by atoms with Crippen LogP contribution in [0.1, 0.15) is 34.1 Å². The zero-order chi connectivity index (χ0) is 26.1.